The lowest BCUT2D eigenvalue weighted by Crippen LogP contribution is -2.05. The Morgan fingerprint density at radius 1 is 0.625 bits per heavy atom. The van der Waals surface area contributed by atoms with Crippen molar-refractivity contribution in [2.45, 2.75) is 12.3 Å². The van der Waals surface area contributed by atoms with Crippen molar-refractivity contribution in [3.05, 3.63) is 151 Å². The lowest BCUT2D eigenvalue weighted by Gasteiger charge is -2.17. The van der Waals surface area contributed by atoms with Crippen LogP contribution in [0.3, 0.4) is 0 Å². The van der Waals surface area contributed by atoms with Crippen LogP contribution in [0.2, 0.25) is 0 Å². The van der Waals surface area contributed by atoms with Gasteiger partial charge in [-0.2, -0.15) is 0 Å². The summed E-state index contributed by atoms with van der Waals surface area (Å²) in [5, 5.41) is 3.45. The van der Waals surface area contributed by atoms with E-state index in [1.807, 2.05) is 6.07 Å². The summed E-state index contributed by atoms with van der Waals surface area (Å²) in [5.41, 5.74) is 7.66. The Morgan fingerprint density at radius 2 is 1.27 bits per heavy atom. The van der Waals surface area contributed by atoms with Crippen molar-refractivity contribution < 1.29 is 0 Å². The van der Waals surface area contributed by atoms with Crippen molar-refractivity contribution in [1.29, 1.82) is 0 Å². The largest absolute Gasteiger partial charge is 0.321 e. The number of allylic oxidation sites excluding steroid dienone is 4. The first-order chi connectivity index (χ1) is 19.8. The molecular formula is C36H26N4. The lowest BCUT2D eigenvalue weighted by molar-refractivity contribution is 0.855. The quantitative estimate of drug-likeness (QED) is 0.236. The van der Waals surface area contributed by atoms with E-state index in [2.05, 4.69) is 143 Å². The molecule has 4 nitrogen and oxygen atoms in total. The molecule has 0 amide bonds. The fourth-order valence-electron chi connectivity index (χ4n) is 5.96. The van der Waals surface area contributed by atoms with Gasteiger partial charge in [0.2, 0.25) is 5.95 Å². The second kappa shape index (κ2) is 9.21. The number of benzene rings is 4. The molecule has 0 spiro atoms. The number of rotatable bonds is 4. The summed E-state index contributed by atoms with van der Waals surface area (Å²) in [4.78, 5) is 10.5. The Kier molecular flexibility index (Phi) is 5.23. The molecule has 0 N–H and O–H groups in total. The maximum atomic E-state index is 5.29. The van der Waals surface area contributed by atoms with E-state index in [1.165, 1.54) is 16.3 Å². The average molecular weight is 515 g/mol. The van der Waals surface area contributed by atoms with Crippen LogP contribution in [0.15, 0.2) is 140 Å². The van der Waals surface area contributed by atoms with Crippen LogP contribution in [0.25, 0.3) is 49.9 Å². The normalized spacial score (nSPS) is 15.2. The van der Waals surface area contributed by atoms with Gasteiger partial charge in [-0.15, -0.1) is 0 Å². The minimum absolute atomic E-state index is 0.369. The zero-order valence-electron chi connectivity index (χ0n) is 21.9. The van der Waals surface area contributed by atoms with Crippen LogP contribution in [-0.4, -0.2) is 19.1 Å². The molecule has 1 unspecified atom stereocenters. The van der Waals surface area contributed by atoms with E-state index < -0.39 is 0 Å². The van der Waals surface area contributed by atoms with Gasteiger partial charge < -0.3 is 4.57 Å². The minimum Gasteiger partial charge on any atom is -0.321 e. The highest BCUT2D eigenvalue weighted by molar-refractivity contribution is 6.09. The molecule has 0 aliphatic heterocycles. The highest BCUT2D eigenvalue weighted by atomic mass is 15.2. The Balaban J connectivity index is 1.34. The third kappa shape index (κ3) is 3.69. The van der Waals surface area contributed by atoms with Crippen LogP contribution in [-0.2, 0) is 0 Å². The number of aromatic nitrogens is 4. The number of hydrogen-bond donors (Lipinski definition) is 0. The summed E-state index contributed by atoms with van der Waals surface area (Å²) in [5.74, 6) is 1.05. The van der Waals surface area contributed by atoms with Gasteiger partial charge in [0.05, 0.1) is 22.2 Å². The molecule has 190 valence electrons. The lowest BCUT2D eigenvalue weighted by atomic mass is 9.89. The van der Waals surface area contributed by atoms with Crippen LogP contribution < -0.4 is 0 Å². The molecule has 0 fully saturated rings. The van der Waals surface area contributed by atoms with Gasteiger partial charge in [0, 0.05) is 40.2 Å². The molecule has 3 heterocycles. The molecule has 0 saturated carbocycles. The monoisotopic (exact) mass is 514 g/mol. The van der Waals surface area contributed by atoms with E-state index in [1.54, 1.807) is 0 Å². The number of para-hydroxylation sites is 3. The maximum Gasteiger partial charge on any atom is 0.235 e. The zero-order valence-corrected chi connectivity index (χ0v) is 21.9. The number of nitrogens with zero attached hydrogens (tertiary/aromatic N) is 4. The van der Waals surface area contributed by atoms with Gasteiger partial charge >= 0.3 is 0 Å². The molecule has 7 aromatic rings. The Bertz CT molecular complexity index is 2020. The molecule has 3 aromatic heterocycles. The smallest absolute Gasteiger partial charge is 0.235 e. The number of fused-ring (bicyclic) bond motifs is 4. The fourth-order valence-corrected chi connectivity index (χ4v) is 5.96. The zero-order chi connectivity index (χ0) is 26.5. The van der Waals surface area contributed by atoms with Gasteiger partial charge in [-0.3, -0.25) is 4.57 Å². The van der Waals surface area contributed by atoms with Crippen molar-refractivity contribution in [3.8, 4) is 11.6 Å². The SMILES string of the molecule is C1=CC(c2ccccc2)CC=C1c1nc(-n2c3ccccc3c3ccccc32)nc2cn(-c3ccccc3)cc12. The third-order valence-corrected chi connectivity index (χ3v) is 7.93. The van der Waals surface area contributed by atoms with Gasteiger partial charge in [-0.1, -0.05) is 103 Å². The summed E-state index contributed by atoms with van der Waals surface area (Å²) in [7, 11) is 0. The molecular weight excluding hydrogens is 488 g/mol. The highest BCUT2D eigenvalue weighted by Gasteiger charge is 2.20. The first-order valence-corrected chi connectivity index (χ1v) is 13.7. The summed E-state index contributed by atoms with van der Waals surface area (Å²) in [6.07, 6.45) is 12.1. The standard InChI is InChI=1S/C36H26N4/c1-3-11-25(12-4-1)26-19-21-27(22-20-26)35-31-23-39(28-13-5-2-6-14-28)24-32(31)37-36(38-35)40-33-17-9-7-15-29(33)30-16-8-10-18-34(30)40/h1-19,21-24,26H,20H2. The Labute approximate surface area is 232 Å². The first-order valence-electron chi connectivity index (χ1n) is 13.7. The van der Waals surface area contributed by atoms with Gasteiger partial charge in [-0.05, 0) is 41.8 Å². The van der Waals surface area contributed by atoms with E-state index in [-0.39, 0.29) is 0 Å². The van der Waals surface area contributed by atoms with Gasteiger partial charge in [0.1, 0.15) is 0 Å². The van der Waals surface area contributed by atoms with E-state index in [0.717, 1.165) is 45.3 Å². The fraction of sp³-hybridized carbons (Fsp3) is 0.0556. The maximum absolute atomic E-state index is 5.29. The molecule has 40 heavy (non-hydrogen) atoms. The second-order valence-electron chi connectivity index (χ2n) is 10.3. The van der Waals surface area contributed by atoms with Crippen LogP contribution in [0.1, 0.15) is 23.6 Å². The van der Waals surface area contributed by atoms with Crippen molar-refractivity contribution in [1.82, 2.24) is 19.1 Å². The molecule has 1 aliphatic rings. The van der Waals surface area contributed by atoms with E-state index in [4.69, 9.17) is 9.97 Å². The molecule has 8 rings (SSSR count). The molecule has 4 aromatic carbocycles. The van der Waals surface area contributed by atoms with Gasteiger partial charge in [-0.25, -0.2) is 9.97 Å². The van der Waals surface area contributed by atoms with Crippen molar-refractivity contribution in [2.24, 2.45) is 0 Å². The van der Waals surface area contributed by atoms with Gasteiger partial charge in [0.25, 0.3) is 0 Å². The second-order valence-corrected chi connectivity index (χ2v) is 10.3. The topological polar surface area (TPSA) is 35.6 Å². The summed E-state index contributed by atoms with van der Waals surface area (Å²) in [6, 6.07) is 38.1. The Morgan fingerprint density at radius 3 is 1.95 bits per heavy atom. The van der Waals surface area contributed by atoms with E-state index >= 15 is 0 Å². The molecule has 0 radical (unpaired) electrons. The summed E-state index contributed by atoms with van der Waals surface area (Å²) < 4.78 is 4.35. The predicted octanol–water partition coefficient (Wildman–Crippen LogP) is 8.64. The van der Waals surface area contributed by atoms with Crippen LogP contribution in [0, 0.1) is 0 Å². The van der Waals surface area contributed by atoms with Crippen molar-refractivity contribution >= 4 is 38.3 Å². The van der Waals surface area contributed by atoms with Gasteiger partial charge in [0.15, 0.2) is 0 Å². The third-order valence-electron chi connectivity index (χ3n) is 7.93. The minimum atomic E-state index is 0.369. The highest BCUT2D eigenvalue weighted by Crippen LogP contribution is 2.35. The summed E-state index contributed by atoms with van der Waals surface area (Å²) >= 11 is 0. The number of hydrogen-bond acceptors (Lipinski definition) is 2. The average Bonchev–Trinajstić information content (AvgIpc) is 3.61. The molecule has 4 heteroatoms. The van der Waals surface area contributed by atoms with Crippen LogP contribution in [0.5, 0.6) is 0 Å². The van der Waals surface area contributed by atoms with Crippen LogP contribution in [0.4, 0.5) is 0 Å². The molecule has 1 aliphatic carbocycles. The van der Waals surface area contributed by atoms with Crippen molar-refractivity contribution in [3.63, 3.8) is 0 Å². The Hall–Kier alpha value is -5.22. The predicted molar refractivity (Wildman–Crippen MR) is 164 cm³/mol. The summed E-state index contributed by atoms with van der Waals surface area (Å²) in [6.45, 7) is 0. The first kappa shape index (κ1) is 22.7. The van der Waals surface area contributed by atoms with Crippen molar-refractivity contribution in [2.75, 3.05) is 0 Å². The molecule has 0 saturated heterocycles. The van der Waals surface area contributed by atoms with E-state index in [9.17, 15) is 0 Å². The molecule has 0 bridgehead atoms. The molecule has 1 atom stereocenters. The van der Waals surface area contributed by atoms with Crippen LogP contribution >= 0.6 is 0 Å². The van der Waals surface area contributed by atoms with E-state index in [0.29, 0.717) is 11.9 Å².